The third-order valence-corrected chi connectivity index (χ3v) is 2.56. The first-order chi connectivity index (χ1) is 7.80. The molecule has 1 heterocycles. The van der Waals surface area contributed by atoms with Gasteiger partial charge in [-0.25, -0.2) is 0 Å². The highest BCUT2D eigenvalue weighted by atomic mass is 19.4. The van der Waals surface area contributed by atoms with Gasteiger partial charge in [0, 0.05) is 19.2 Å². The summed E-state index contributed by atoms with van der Waals surface area (Å²) in [5, 5.41) is 10.1. The molecule has 1 aliphatic heterocycles. The van der Waals surface area contributed by atoms with Gasteiger partial charge in [-0.15, -0.1) is 0 Å². The number of carboxylic acids is 1. The van der Waals surface area contributed by atoms with E-state index in [1.807, 2.05) is 0 Å². The van der Waals surface area contributed by atoms with Gasteiger partial charge < -0.3 is 14.8 Å². The summed E-state index contributed by atoms with van der Waals surface area (Å²) in [7, 11) is 0. The molecule has 1 aliphatic rings. The largest absolute Gasteiger partial charge is 0.545 e. The Balaban J connectivity index is 2.61. The van der Waals surface area contributed by atoms with E-state index in [9.17, 15) is 27.9 Å². The van der Waals surface area contributed by atoms with E-state index in [1.54, 1.807) is 0 Å². The van der Waals surface area contributed by atoms with Crippen LogP contribution in [0.1, 0.15) is 12.8 Å². The molecule has 7 heteroatoms. The molecule has 0 N–H and O–H groups in total. The molecule has 0 aromatic heterocycles. The quantitative estimate of drug-likeness (QED) is 0.653. The molecule has 4 nitrogen and oxygen atoms in total. The van der Waals surface area contributed by atoms with Crippen molar-refractivity contribution in [1.29, 1.82) is 0 Å². The Labute approximate surface area is 95.7 Å². The van der Waals surface area contributed by atoms with Crippen LogP contribution in [0.3, 0.4) is 0 Å². The topological polar surface area (TPSA) is 60.4 Å². The molecule has 0 aromatic carbocycles. The molecule has 1 saturated heterocycles. The SMILES string of the molecule is O=C([O-])/C=C/C(=O)N1CCC[C@H](C(F)(F)F)C1. The van der Waals surface area contributed by atoms with Crippen molar-refractivity contribution in [3.05, 3.63) is 12.2 Å². The maximum Gasteiger partial charge on any atom is 0.393 e. The lowest BCUT2D eigenvalue weighted by atomic mass is 9.97. The molecule has 0 aliphatic carbocycles. The third kappa shape index (κ3) is 4.08. The van der Waals surface area contributed by atoms with Gasteiger partial charge in [0.05, 0.1) is 11.9 Å². The average Bonchev–Trinajstić information content (AvgIpc) is 2.25. The molecule has 1 fully saturated rings. The molecule has 1 atom stereocenters. The van der Waals surface area contributed by atoms with Gasteiger partial charge in [0.15, 0.2) is 0 Å². The lowest BCUT2D eigenvalue weighted by Gasteiger charge is -2.33. The van der Waals surface area contributed by atoms with Gasteiger partial charge in [0.25, 0.3) is 0 Å². The van der Waals surface area contributed by atoms with E-state index in [4.69, 9.17) is 0 Å². The lowest BCUT2D eigenvalue weighted by molar-refractivity contribution is -0.297. The minimum atomic E-state index is -4.32. The van der Waals surface area contributed by atoms with Crippen molar-refractivity contribution in [2.75, 3.05) is 13.1 Å². The van der Waals surface area contributed by atoms with Crippen LogP contribution >= 0.6 is 0 Å². The highest BCUT2D eigenvalue weighted by Crippen LogP contribution is 2.33. The van der Waals surface area contributed by atoms with Crippen LogP contribution in [0, 0.1) is 5.92 Å². The number of rotatable bonds is 2. The number of aliphatic carboxylic acids is 1. The van der Waals surface area contributed by atoms with Crippen molar-refractivity contribution < 1.29 is 27.9 Å². The van der Waals surface area contributed by atoms with E-state index < -0.39 is 30.5 Å². The molecule has 0 saturated carbocycles. The fraction of sp³-hybridized carbons (Fsp3) is 0.600. The van der Waals surface area contributed by atoms with Crippen LogP contribution in [0.5, 0.6) is 0 Å². The Hall–Kier alpha value is -1.53. The molecular formula is C10H11F3NO3-. The number of nitrogens with zero attached hydrogens (tertiary/aromatic N) is 1. The number of piperidine rings is 1. The molecule has 96 valence electrons. The summed E-state index contributed by atoms with van der Waals surface area (Å²) in [6.07, 6.45) is -2.84. The molecule has 0 bridgehead atoms. The van der Waals surface area contributed by atoms with E-state index in [2.05, 4.69) is 0 Å². The number of hydrogen-bond acceptors (Lipinski definition) is 3. The van der Waals surface area contributed by atoms with Gasteiger partial charge in [-0.2, -0.15) is 13.2 Å². The van der Waals surface area contributed by atoms with Crippen molar-refractivity contribution in [1.82, 2.24) is 4.90 Å². The molecule has 0 unspecified atom stereocenters. The summed E-state index contributed by atoms with van der Waals surface area (Å²) in [5.74, 6) is -3.82. The van der Waals surface area contributed by atoms with Crippen LogP contribution in [-0.4, -0.2) is 36.0 Å². The fourth-order valence-corrected chi connectivity index (χ4v) is 1.69. The zero-order chi connectivity index (χ0) is 13.1. The van der Waals surface area contributed by atoms with E-state index >= 15 is 0 Å². The van der Waals surface area contributed by atoms with Crippen LogP contribution in [0.4, 0.5) is 13.2 Å². The number of likely N-dealkylation sites (tertiary alicyclic amines) is 1. The van der Waals surface area contributed by atoms with Gasteiger partial charge in [0.1, 0.15) is 0 Å². The zero-order valence-electron chi connectivity index (χ0n) is 8.87. The van der Waals surface area contributed by atoms with E-state index in [0.717, 1.165) is 4.90 Å². The Morgan fingerprint density at radius 3 is 2.47 bits per heavy atom. The number of halogens is 3. The van der Waals surface area contributed by atoms with E-state index in [-0.39, 0.29) is 19.4 Å². The first-order valence-electron chi connectivity index (χ1n) is 5.05. The van der Waals surface area contributed by atoms with Crippen molar-refractivity contribution in [2.24, 2.45) is 5.92 Å². The second kappa shape index (κ2) is 5.20. The zero-order valence-corrected chi connectivity index (χ0v) is 8.87. The first kappa shape index (κ1) is 13.5. The fourth-order valence-electron chi connectivity index (χ4n) is 1.69. The van der Waals surface area contributed by atoms with Crippen molar-refractivity contribution in [3.63, 3.8) is 0 Å². The molecule has 1 amide bonds. The second-order valence-corrected chi connectivity index (χ2v) is 3.82. The highest BCUT2D eigenvalue weighted by Gasteiger charge is 2.42. The van der Waals surface area contributed by atoms with Gasteiger partial charge in [-0.3, -0.25) is 4.79 Å². The average molecular weight is 250 g/mol. The van der Waals surface area contributed by atoms with Crippen molar-refractivity contribution in [2.45, 2.75) is 19.0 Å². The minimum absolute atomic E-state index is 0.00250. The number of hydrogen-bond donors (Lipinski definition) is 0. The smallest absolute Gasteiger partial charge is 0.393 e. The van der Waals surface area contributed by atoms with Gasteiger partial charge in [-0.05, 0) is 18.9 Å². The summed E-state index contributed by atoms with van der Waals surface area (Å²) >= 11 is 0. The monoisotopic (exact) mass is 250 g/mol. The maximum atomic E-state index is 12.4. The second-order valence-electron chi connectivity index (χ2n) is 3.82. The summed E-state index contributed by atoms with van der Waals surface area (Å²) < 4.78 is 37.3. The Bertz CT molecular complexity index is 338. The summed E-state index contributed by atoms with van der Waals surface area (Å²) in [4.78, 5) is 22.4. The molecule has 17 heavy (non-hydrogen) atoms. The summed E-state index contributed by atoms with van der Waals surface area (Å²) in [5.41, 5.74) is 0. The predicted octanol–water partition coefficient (Wildman–Crippen LogP) is 0.0934. The Kier molecular flexibility index (Phi) is 4.14. The van der Waals surface area contributed by atoms with Crippen LogP contribution < -0.4 is 5.11 Å². The lowest BCUT2D eigenvalue weighted by Crippen LogP contribution is -2.44. The van der Waals surface area contributed by atoms with Crippen LogP contribution in [0.25, 0.3) is 0 Å². The maximum absolute atomic E-state index is 12.4. The van der Waals surface area contributed by atoms with Gasteiger partial charge in [-0.1, -0.05) is 0 Å². The normalized spacial score (nSPS) is 21.8. The van der Waals surface area contributed by atoms with Crippen LogP contribution in [-0.2, 0) is 9.59 Å². The van der Waals surface area contributed by atoms with Gasteiger partial charge >= 0.3 is 6.18 Å². The van der Waals surface area contributed by atoms with Gasteiger partial charge in [0.2, 0.25) is 5.91 Å². The van der Waals surface area contributed by atoms with Crippen molar-refractivity contribution in [3.8, 4) is 0 Å². The Morgan fingerprint density at radius 2 is 1.94 bits per heavy atom. The van der Waals surface area contributed by atoms with Crippen LogP contribution in [0.15, 0.2) is 12.2 Å². The number of carbonyl (C=O) groups excluding carboxylic acids is 2. The highest BCUT2D eigenvalue weighted by molar-refractivity contribution is 5.93. The third-order valence-electron chi connectivity index (χ3n) is 2.56. The summed E-state index contributed by atoms with van der Waals surface area (Å²) in [6.45, 7) is -0.206. The summed E-state index contributed by atoms with van der Waals surface area (Å²) in [6, 6.07) is 0. The molecule has 0 spiro atoms. The molecule has 0 radical (unpaired) electrons. The number of carboxylic acid groups (broad SMARTS) is 1. The number of carbonyl (C=O) groups is 2. The van der Waals surface area contributed by atoms with Crippen LogP contribution in [0.2, 0.25) is 0 Å². The standard InChI is InChI=1S/C10H12F3NO3/c11-10(12,13)7-2-1-5-14(6-7)8(15)3-4-9(16)17/h3-4,7H,1-2,5-6H2,(H,16,17)/p-1/b4-3+/t7-/m0/s1. The van der Waals surface area contributed by atoms with E-state index in [0.29, 0.717) is 12.2 Å². The van der Waals surface area contributed by atoms with Crippen molar-refractivity contribution >= 4 is 11.9 Å². The number of amides is 1. The van der Waals surface area contributed by atoms with E-state index in [1.165, 1.54) is 0 Å². The predicted molar refractivity (Wildman–Crippen MR) is 49.5 cm³/mol. The Morgan fingerprint density at radius 1 is 1.29 bits per heavy atom. The minimum Gasteiger partial charge on any atom is -0.545 e. The first-order valence-corrected chi connectivity index (χ1v) is 5.05. The molecular weight excluding hydrogens is 239 g/mol. The number of alkyl halides is 3. The molecule has 0 aromatic rings. The molecule has 1 rings (SSSR count).